The first-order valence-electron chi connectivity index (χ1n) is 5.40. The van der Waals surface area contributed by atoms with Gasteiger partial charge in [0.2, 0.25) is 0 Å². The smallest absolute Gasteiger partial charge is 0.121 e. The molecule has 0 aromatic carbocycles. The second kappa shape index (κ2) is 5.59. The van der Waals surface area contributed by atoms with E-state index in [0.717, 1.165) is 18.8 Å². The molecule has 0 aliphatic carbocycles. The lowest BCUT2D eigenvalue weighted by atomic mass is 10.5. The van der Waals surface area contributed by atoms with Gasteiger partial charge in [-0.15, -0.1) is 30.1 Å². The third-order valence-electron chi connectivity index (χ3n) is 3.00. The minimum absolute atomic E-state index is 0.210. The highest BCUT2D eigenvalue weighted by molar-refractivity contribution is 8.21. The Morgan fingerprint density at radius 2 is 2.00 bits per heavy atom. The van der Waals surface area contributed by atoms with E-state index in [9.17, 15) is 4.79 Å². The van der Waals surface area contributed by atoms with Crippen LogP contribution >= 0.6 is 23.5 Å². The second-order valence-corrected chi connectivity index (χ2v) is 13.4. The lowest BCUT2D eigenvalue weighted by molar-refractivity contribution is -0.107. The average molecular weight is 260 g/mol. The van der Waals surface area contributed by atoms with Gasteiger partial charge in [0, 0.05) is 6.42 Å². The normalized spacial score (nSPS) is 20.9. The van der Waals surface area contributed by atoms with Gasteiger partial charge in [0.15, 0.2) is 0 Å². The first-order valence-corrected chi connectivity index (χ1v) is 10.6. The number of rotatable bonds is 5. The van der Waals surface area contributed by atoms with Crippen LogP contribution in [0, 0.1) is 0 Å². The number of allylic oxidation sites excluding steroid dienone is 1. The topological polar surface area (TPSA) is 17.1 Å². The van der Waals surface area contributed by atoms with E-state index in [4.69, 9.17) is 0 Å². The molecule has 0 unspecified atom stereocenters. The number of thioether (sulfide) groups is 2. The number of carbonyl (C=O) groups is 1. The molecular formula is C11H20OS2Si. The van der Waals surface area contributed by atoms with Crippen molar-refractivity contribution in [3.8, 4) is 0 Å². The molecule has 86 valence electrons. The average Bonchev–Trinajstić information content (AvgIpc) is 2.19. The van der Waals surface area contributed by atoms with Gasteiger partial charge in [0.25, 0.3) is 0 Å². The largest absolute Gasteiger partial charge is 0.303 e. The van der Waals surface area contributed by atoms with Crippen molar-refractivity contribution in [2.24, 2.45) is 0 Å². The van der Waals surface area contributed by atoms with Crippen molar-refractivity contribution in [2.45, 2.75) is 35.7 Å². The van der Waals surface area contributed by atoms with Crippen LogP contribution in [0.25, 0.3) is 0 Å². The Balaban J connectivity index is 2.86. The number of hydrogen-bond acceptors (Lipinski definition) is 3. The fourth-order valence-corrected chi connectivity index (χ4v) is 10.5. The summed E-state index contributed by atoms with van der Waals surface area (Å²) in [6.45, 7) is 8.64. The molecule has 0 N–H and O–H groups in total. The minimum Gasteiger partial charge on any atom is -0.303 e. The monoisotopic (exact) mass is 260 g/mol. The molecule has 4 heteroatoms. The van der Waals surface area contributed by atoms with Gasteiger partial charge < -0.3 is 4.79 Å². The molecule has 0 atom stereocenters. The van der Waals surface area contributed by atoms with Crippen LogP contribution in [0.5, 0.6) is 0 Å². The number of hydrogen-bond donors (Lipinski definition) is 0. The zero-order chi connectivity index (χ0) is 11.4. The molecule has 1 heterocycles. The van der Waals surface area contributed by atoms with Crippen molar-refractivity contribution >= 4 is 37.9 Å². The molecule has 1 aliphatic heterocycles. The zero-order valence-corrected chi connectivity index (χ0v) is 12.3. The van der Waals surface area contributed by atoms with Crippen LogP contribution < -0.4 is 0 Å². The predicted molar refractivity (Wildman–Crippen MR) is 75.4 cm³/mol. The van der Waals surface area contributed by atoms with Crippen molar-refractivity contribution in [3.63, 3.8) is 0 Å². The molecule has 0 radical (unpaired) electrons. The van der Waals surface area contributed by atoms with Crippen LogP contribution in [0.2, 0.25) is 19.1 Å². The summed E-state index contributed by atoms with van der Waals surface area (Å²) in [5.41, 5.74) is 0. The van der Waals surface area contributed by atoms with Crippen molar-refractivity contribution in [1.29, 1.82) is 0 Å². The number of aldehydes is 1. The quantitative estimate of drug-likeness (QED) is 0.427. The Labute approximate surface area is 102 Å². The molecule has 1 fully saturated rings. The third-order valence-corrected chi connectivity index (χ3v) is 13.7. The summed E-state index contributed by atoms with van der Waals surface area (Å²) in [6, 6.07) is 1.11. The maximum atomic E-state index is 10.9. The van der Waals surface area contributed by atoms with Gasteiger partial charge in [-0.1, -0.05) is 19.2 Å². The zero-order valence-electron chi connectivity index (χ0n) is 9.62. The van der Waals surface area contributed by atoms with Gasteiger partial charge in [-0.05, 0) is 24.0 Å². The highest BCUT2D eigenvalue weighted by atomic mass is 32.2. The molecule has 15 heavy (non-hydrogen) atoms. The maximum absolute atomic E-state index is 10.9. The SMILES string of the molecule is C=CC[Si](C)(C)C1(CC=O)SCCCS1. The Morgan fingerprint density at radius 1 is 1.40 bits per heavy atom. The Kier molecular flexibility index (Phi) is 4.99. The summed E-state index contributed by atoms with van der Waals surface area (Å²) in [4.78, 5) is 10.9. The third kappa shape index (κ3) is 2.92. The second-order valence-electron chi connectivity index (χ2n) is 4.55. The molecule has 0 aromatic heterocycles. The minimum atomic E-state index is -1.40. The van der Waals surface area contributed by atoms with E-state index >= 15 is 0 Å². The lowest BCUT2D eigenvalue weighted by Gasteiger charge is -2.45. The highest BCUT2D eigenvalue weighted by Gasteiger charge is 2.47. The summed E-state index contributed by atoms with van der Waals surface area (Å²) in [6.07, 6.45) is 5.15. The first kappa shape index (κ1) is 13.4. The van der Waals surface area contributed by atoms with E-state index in [1.165, 1.54) is 17.9 Å². The van der Waals surface area contributed by atoms with Gasteiger partial charge in [-0.3, -0.25) is 0 Å². The molecule has 1 saturated heterocycles. The molecule has 0 spiro atoms. The van der Waals surface area contributed by atoms with Crippen LogP contribution in [0.15, 0.2) is 12.7 Å². The van der Waals surface area contributed by atoms with Crippen LogP contribution in [0.4, 0.5) is 0 Å². The van der Waals surface area contributed by atoms with Crippen LogP contribution in [-0.2, 0) is 4.79 Å². The van der Waals surface area contributed by atoms with Crippen molar-refractivity contribution in [2.75, 3.05) is 11.5 Å². The van der Waals surface area contributed by atoms with Crippen molar-refractivity contribution < 1.29 is 4.79 Å². The highest BCUT2D eigenvalue weighted by Crippen LogP contribution is 2.51. The Morgan fingerprint density at radius 3 is 2.47 bits per heavy atom. The summed E-state index contributed by atoms with van der Waals surface area (Å²) in [7, 11) is -1.40. The van der Waals surface area contributed by atoms with E-state index in [0.29, 0.717) is 0 Å². The Hall–Kier alpha value is 0.327. The van der Waals surface area contributed by atoms with Gasteiger partial charge in [-0.25, -0.2) is 0 Å². The summed E-state index contributed by atoms with van der Waals surface area (Å²) in [5, 5.41) is 0. The molecule has 1 rings (SSSR count). The van der Waals surface area contributed by atoms with Crippen molar-refractivity contribution in [3.05, 3.63) is 12.7 Å². The van der Waals surface area contributed by atoms with Gasteiger partial charge in [0.1, 0.15) is 6.29 Å². The van der Waals surface area contributed by atoms with Gasteiger partial charge >= 0.3 is 0 Å². The fraction of sp³-hybridized carbons (Fsp3) is 0.727. The Bertz CT molecular complexity index is 235. The lowest BCUT2D eigenvalue weighted by Crippen LogP contribution is -2.51. The van der Waals surface area contributed by atoms with Crippen molar-refractivity contribution in [1.82, 2.24) is 0 Å². The summed E-state index contributed by atoms with van der Waals surface area (Å²) in [5.74, 6) is 2.43. The summed E-state index contributed by atoms with van der Waals surface area (Å²) < 4.78 is 0.210. The van der Waals surface area contributed by atoms with E-state index < -0.39 is 8.07 Å². The van der Waals surface area contributed by atoms with Crippen LogP contribution in [-0.4, -0.2) is 29.6 Å². The van der Waals surface area contributed by atoms with E-state index in [1.807, 2.05) is 29.6 Å². The van der Waals surface area contributed by atoms with Crippen LogP contribution in [0.1, 0.15) is 12.8 Å². The standard InChI is InChI=1S/C11H20OS2Si/c1-4-10-15(2,3)11(6-7-12)13-8-5-9-14-11/h4,7H,1,5-6,8-10H2,2-3H3. The molecule has 0 amide bonds. The van der Waals surface area contributed by atoms with Gasteiger partial charge in [0.05, 0.1) is 11.8 Å². The van der Waals surface area contributed by atoms with E-state index in [-0.39, 0.29) is 3.70 Å². The molecule has 0 saturated carbocycles. The maximum Gasteiger partial charge on any atom is 0.121 e. The predicted octanol–water partition coefficient (Wildman–Crippen LogP) is 3.58. The van der Waals surface area contributed by atoms with Crippen LogP contribution in [0.3, 0.4) is 0 Å². The first-order chi connectivity index (χ1) is 7.08. The van der Waals surface area contributed by atoms with Gasteiger partial charge in [-0.2, -0.15) is 0 Å². The van der Waals surface area contributed by atoms with E-state index in [1.54, 1.807) is 0 Å². The fourth-order valence-electron chi connectivity index (χ4n) is 1.99. The molecule has 1 aliphatic rings. The molecular weight excluding hydrogens is 240 g/mol. The molecule has 1 nitrogen and oxygen atoms in total. The van der Waals surface area contributed by atoms with E-state index in [2.05, 4.69) is 19.7 Å². The molecule has 0 aromatic rings. The number of carbonyl (C=O) groups excluding carboxylic acids is 1. The molecule has 0 bridgehead atoms. The summed E-state index contributed by atoms with van der Waals surface area (Å²) >= 11 is 4.06.